The number of carboxylic acid groups (broad SMARTS) is 1. The fraction of sp³-hybridized carbons (Fsp3) is 0.286. The van der Waals surface area contributed by atoms with Crippen LogP contribution in [0.15, 0.2) is 24.3 Å². The summed E-state index contributed by atoms with van der Waals surface area (Å²) in [4.78, 5) is 10.2. The monoisotopic (exact) mass is 160 g/mol. The van der Waals surface area contributed by atoms with E-state index in [1.807, 2.05) is 0 Å². The van der Waals surface area contributed by atoms with Gasteiger partial charge in [-0.05, 0) is 6.42 Å². The first-order valence-corrected chi connectivity index (χ1v) is 3.35. The summed E-state index contributed by atoms with van der Waals surface area (Å²) in [6, 6.07) is 0. The van der Waals surface area contributed by atoms with Crippen molar-refractivity contribution in [3.05, 3.63) is 24.3 Å². The zero-order chi connectivity index (χ0) is 7.98. The third kappa shape index (κ3) is 3.30. The molecule has 0 rings (SSSR count). The van der Waals surface area contributed by atoms with E-state index >= 15 is 0 Å². The highest BCUT2D eigenvalue weighted by molar-refractivity contribution is 6.22. The molecule has 0 heterocycles. The van der Waals surface area contributed by atoms with Gasteiger partial charge >= 0.3 is 5.97 Å². The van der Waals surface area contributed by atoms with E-state index in [4.69, 9.17) is 16.7 Å². The third-order valence-corrected chi connectivity index (χ3v) is 1.24. The molecule has 0 aliphatic heterocycles. The number of carboxylic acids is 1. The largest absolute Gasteiger partial charge is 0.478 e. The van der Waals surface area contributed by atoms with Crippen LogP contribution in [-0.2, 0) is 4.79 Å². The van der Waals surface area contributed by atoms with E-state index in [0.29, 0.717) is 6.42 Å². The molecule has 10 heavy (non-hydrogen) atoms. The van der Waals surface area contributed by atoms with Crippen molar-refractivity contribution in [2.24, 2.45) is 0 Å². The molecule has 0 bridgehead atoms. The Balaban J connectivity index is 4.03. The summed E-state index contributed by atoms with van der Waals surface area (Å²) in [5.41, 5.74) is 0.224. The van der Waals surface area contributed by atoms with Gasteiger partial charge in [0.1, 0.15) is 0 Å². The molecule has 0 atom stereocenters. The van der Waals surface area contributed by atoms with Crippen LogP contribution >= 0.6 is 11.6 Å². The Labute approximate surface area is 64.8 Å². The van der Waals surface area contributed by atoms with E-state index in [2.05, 4.69) is 6.58 Å². The summed E-state index contributed by atoms with van der Waals surface area (Å²) in [5, 5.41) is 8.41. The van der Waals surface area contributed by atoms with E-state index < -0.39 is 5.97 Å². The predicted octanol–water partition coefficient (Wildman–Crippen LogP) is 1.81. The van der Waals surface area contributed by atoms with Crippen LogP contribution in [0.1, 0.15) is 6.42 Å². The molecule has 0 fully saturated rings. The first-order valence-electron chi connectivity index (χ1n) is 2.81. The van der Waals surface area contributed by atoms with Crippen molar-refractivity contribution in [3.8, 4) is 0 Å². The lowest BCUT2D eigenvalue weighted by Gasteiger charge is -1.92. The second kappa shape index (κ2) is 5.06. The molecule has 0 aromatic heterocycles. The van der Waals surface area contributed by atoms with Crippen LogP contribution in [0.25, 0.3) is 0 Å². The molecule has 56 valence electrons. The highest BCUT2D eigenvalue weighted by Gasteiger charge is 2.02. The molecule has 3 heteroatoms. The van der Waals surface area contributed by atoms with Gasteiger partial charge in [0.15, 0.2) is 0 Å². The molecule has 0 saturated carbocycles. The van der Waals surface area contributed by atoms with Crippen LogP contribution < -0.4 is 0 Å². The van der Waals surface area contributed by atoms with Crippen LogP contribution in [-0.4, -0.2) is 17.0 Å². The van der Waals surface area contributed by atoms with E-state index in [0.717, 1.165) is 0 Å². The van der Waals surface area contributed by atoms with Crippen molar-refractivity contribution < 1.29 is 9.90 Å². The van der Waals surface area contributed by atoms with Crippen molar-refractivity contribution in [1.82, 2.24) is 0 Å². The lowest BCUT2D eigenvalue weighted by molar-refractivity contribution is -0.132. The minimum atomic E-state index is -0.961. The molecule has 0 aromatic rings. The summed E-state index contributed by atoms with van der Waals surface area (Å²) in [6.07, 6.45) is 3.71. The number of aliphatic carboxylic acids is 1. The Morgan fingerprint density at radius 2 is 2.30 bits per heavy atom. The Bertz CT molecular complexity index is 161. The molecule has 1 N–H and O–H groups in total. The summed E-state index contributed by atoms with van der Waals surface area (Å²) in [6.45, 7) is 3.45. The molecule has 2 nitrogen and oxygen atoms in total. The number of hydrogen-bond donors (Lipinski definition) is 1. The van der Waals surface area contributed by atoms with Gasteiger partial charge in [-0.1, -0.05) is 12.2 Å². The molecule has 0 unspecified atom stereocenters. The summed E-state index contributed by atoms with van der Waals surface area (Å²) in [5.74, 6) is -0.916. The molecular weight excluding hydrogens is 152 g/mol. The highest BCUT2D eigenvalue weighted by atomic mass is 35.5. The van der Waals surface area contributed by atoms with Gasteiger partial charge in [0, 0.05) is 5.57 Å². The van der Waals surface area contributed by atoms with Gasteiger partial charge < -0.3 is 5.11 Å². The topological polar surface area (TPSA) is 37.3 Å². The molecule has 0 aliphatic rings. The molecule has 0 radical (unpaired) electrons. The number of allylic oxidation sites excluding steroid dienone is 2. The van der Waals surface area contributed by atoms with Crippen molar-refractivity contribution in [3.63, 3.8) is 0 Å². The Kier molecular flexibility index (Phi) is 4.67. The summed E-state index contributed by atoms with van der Waals surface area (Å²) < 4.78 is 0. The Morgan fingerprint density at radius 3 is 2.60 bits per heavy atom. The fourth-order valence-corrected chi connectivity index (χ4v) is 0.648. The first kappa shape index (κ1) is 9.24. The van der Waals surface area contributed by atoms with E-state index in [9.17, 15) is 4.79 Å². The molecule has 0 aromatic carbocycles. The van der Waals surface area contributed by atoms with Crippen LogP contribution in [0, 0.1) is 0 Å². The smallest absolute Gasteiger partial charge is 0.332 e. The average Bonchev–Trinajstić information content (AvgIpc) is 1.89. The summed E-state index contributed by atoms with van der Waals surface area (Å²) in [7, 11) is 0. The van der Waals surface area contributed by atoms with Gasteiger partial charge in [-0.25, -0.2) is 4.79 Å². The minimum absolute atomic E-state index is 0.0448. The molecular formula is C7H9ClO2. The van der Waals surface area contributed by atoms with Crippen LogP contribution in [0.2, 0.25) is 0 Å². The van der Waals surface area contributed by atoms with Crippen LogP contribution in [0.4, 0.5) is 0 Å². The molecule has 0 saturated heterocycles. The number of hydrogen-bond acceptors (Lipinski definition) is 1. The van der Waals surface area contributed by atoms with Gasteiger partial charge in [0.05, 0.1) is 5.88 Å². The average molecular weight is 161 g/mol. The maximum Gasteiger partial charge on any atom is 0.332 e. The SMILES string of the molecule is C=CCC=C(CCl)C(=O)O. The van der Waals surface area contributed by atoms with Crippen molar-refractivity contribution >= 4 is 17.6 Å². The normalized spacial score (nSPS) is 11.1. The van der Waals surface area contributed by atoms with Crippen molar-refractivity contribution in [2.45, 2.75) is 6.42 Å². The van der Waals surface area contributed by atoms with Crippen molar-refractivity contribution in [2.75, 3.05) is 5.88 Å². The fourth-order valence-electron chi connectivity index (χ4n) is 0.425. The second-order valence-electron chi connectivity index (χ2n) is 1.69. The lowest BCUT2D eigenvalue weighted by atomic mass is 10.2. The van der Waals surface area contributed by atoms with Crippen molar-refractivity contribution in [1.29, 1.82) is 0 Å². The predicted molar refractivity (Wildman–Crippen MR) is 41.3 cm³/mol. The summed E-state index contributed by atoms with van der Waals surface area (Å²) >= 11 is 5.31. The van der Waals surface area contributed by atoms with Gasteiger partial charge in [-0.2, -0.15) is 0 Å². The first-order chi connectivity index (χ1) is 4.72. The maximum absolute atomic E-state index is 10.2. The zero-order valence-electron chi connectivity index (χ0n) is 5.51. The van der Waals surface area contributed by atoms with E-state index in [1.165, 1.54) is 0 Å². The number of halogens is 1. The van der Waals surface area contributed by atoms with Crippen LogP contribution in [0.5, 0.6) is 0 Å². The Hall–Kier alpha value is -0.760. The lowest BCUT2D eigenvalue weighted by Crippen LogP contribution is -2.01. The standard InChI is InChI=1S/C7H9ClO2/c1-2-3-4-6(5-8)7(9)10/h2,4H,1,3,5H2,(H,9,10). The van der Waals surface area contributed by atoms with Crippen LogP contribution in [0.3, 0.4) is 0 Å². The number of carbonyl (C=O) groups is 1. The van der Waals surface area contributed by atoms with Gasteiger partial charge in [0.2, 0.25) is 0 Å². The van der Waals surface area contributed by atoms with Gasteiger partial charge in [-0.15, -0.1) is 18.2 Å². The highest BCUT2D eigenvalue weighted by Crippen LogP contribution is 1.99. The zero-order valence-corrected chi connectivity index (χ0v) is 6.27. The Morgan fingerprint density at radius 1 is 1.70 bits per heavy atom. The molecule has 0 aliphatic carbocycles. The number of alkyl halides is 1. The minimum Gasteiger partial charge on any atom is -0.478 e. The quantitative estimate of drug-likeness (QED) is 0.387. The second-order valence-corrected chi connectivity index (χ2v) is 1.96. The van der Waals surface area contributed by atoms with E-state index in [-0.39, 0.29) is 11.5 Å². The van der Waals surface area contributed by atoms with Gasteiger partial charge in [-0.3, -0.25) is 0 Å². The van der Waals surface area contributed by atoms with Gasteiger partial charge in [0.25, 0.3) is 0 Å². The molecule has 0 spiro atoms. The number of rotatable bonds is 4. The van der Waals surface area contributed by atoms with E-state index in [1.54, 1.807) is 12.2 Å². The maximum atomic E-state index is 10.2. The molecule has 0 amide bonds. The third-order valence-electron chi connectivity index (χ3n) is 0.950.